The van der Waals surface area contributed by atoms with Crippen LogP contribution in [0.15, 0.2) is 68.7 Å². The minimum absolute atomic E-state index is 0.142. The summed E-state index contributed by atoms with van der Waals surface area (Å²) in [6.07, 6.45) is 4.44. The van der Waals surface area contributed by atoms with Gasteiger partial charge in [0.25, 0.3) is 5.56 Å². The Morgan fingerprint density at radius 1 is 0.971 bits per heavy atom. The van der Waals surface area contributed by atoms with E-state index in [-0.39, 0.29) is 24.6 Å². The van der Waals surface area contributed by atoms with Gasteiger partial charge in [-0.05, 0) is 67.5 Å². The van der Waals surface area contributed by atoms with Gasteiger partial charge in [0.1, 0.15) is 11.4 Å². The zero-order chi connectivity index (χ0) is 23.7. The highest BCUT2D eigenvalue weighted by molar-refractivity contribution is 9.10. The third-order valence-electron chi connectivity index (χ3n) is 6.22. The van der Waals surface area contributed by atoms with Crippen LogP contribution in [0.1, 0.15) is 28.8 Å². The smallest absolute Gasteiger partial charge is 0.325 e. The molecule has 2 aromatic carbocycles. The first kappa shape index (κ1) is 22.8. The summed E-state index contributed by atoms with van der Waals surface area (Å²) in [7, 11) is 0. The second-order valence-electron chi connectivity index (χ2n) is 8.51. The molecule has 0 unspecified atom stereocenters. The van der Waals surface area contributed by atoms with Gasteiger partial charge >= 0.3 is 5.69 Å². The van der Waals surface area contributed by atoms with Gasteiger partial charge in [0.05, 0.1) is 5.39 Å². The summed E-state index contributed by atoms with van der Waals surface area (Å²) < 4.78 is 3.71. The Balaban J connectivity index is 1.55. The van der Waals surface area contributed by atoms with Gasteiger partial charge in [0.15, 0.2) is 0 Å². The van der Waals surface area contributed by atoms with Crippen molar-refractivity contribution >= 4 is 49.1 Å². The Bertz CT molecular complexity index is 1470. The predicted octanol–water partition coefficient (Wildman–Crippen LogP) is 4.75. The van der Waals surface area contributed by atoms with Crippen molar-refractivity contribution in [2.24, 2.45) is 0 Å². The van der Waals surface area contributed by atoms with Crippen LogP contribution in [0, 0.1) is 0 Å². The van der Waals surface area contributed by atoms with E-state index in [2.05, 4.69) is 21.2 Å². The van der Waals surface area contributed by atoms with Gasteiger partial charge in [0, 0.05) is 21.6 Å². The van der Waals surface area contributed by atoms with Crippen LogP contribution in [0.4, 0.5) is 5.69 Å². The largest absolute Gasteiger partial charge is 0.332 e. The molecule has 6 nitrogen and oxygen atoms in total. The van der Waals surface area contributed by atoms with Crippen LogP contribution in [0.25, 0.3) is 10.2 Å². The van der Waals surface area contributed by atoms with Crippen molar-refractivity contribution in [2.45, 2.75) is 45.2 Å². The lowest BCUT2D eigenvalue weighted by atomic mass is 9.97. The van der Waals surface area contributed by atoms with Crippen LogP contribution < -0.4 is 16.6 Å². The fourth-order valence-electron chi connectivity index (χ4n) is 4.52. The number of anilines is 1. The SMILES string of the molecule is O=C(Cn1c(=O)n(CCc2ccccc2)c(=O)c2c3c(sc21)CCCC3)Nc1ccc(Br)cc1. The summed E-state index contributed by atoms with van der Waals surface area (Å²) in [5.41, 5.74) is 2.10. The van der Waals surface area contributed by atoms with E-state index in [0.717, 1.165) is 41.3 Å². The molecular formula is C26H24BrN3O3S. The summed E-state index contributed by atoms with van der Waals surface area (Å²) in [6, 6.07) is 17.1. The highest BCUT2D eigenvalue weighted by Gasteiger charge is 2.24. The van der Waals surface area contributed by atoms with Crippen molar-refractivity contribution in [1.29, 1.82) is 0 Å². The number of thiophene rings is 1. The number of nitrogens with zero attached hydrogens (tertiary/aromatic N) is 2. The molecule has 2 aromatic heterocycles. The van der Waals surface area contributed by atoms with Gasteiger partial charge in [-0.3, -0.25) is 18.7 Å². The van der Waals surface area contributed by atoms with Crippen LogP contribution in [0.5, 0.6) is 0 Å². The number of hydrogen-bond acceptors (Lipinski definition) is 4. The van der Waals surface area contributed by atoms with E-state index >= 15 is 0 Å². The van der Waals surface area contributed by atoms with E-state index in [4.69, 9.17) is 0 Å². The molecule has 1 aliphatic carbocycles. The van der Waals surface area contributed by atoms with Crippen molar-refractivity contribution in [3.8, 4) is 0 Å². The van der Waals surface area contributed by atoms with Gasteiger partial charge in [-0.1, -0.05) is 46.3 Å². The monoisotopic (exact) mass is 537 g/mol. The number of fused-ring (bicyclic) bond motifs is 3. The van der Waals surface area contributed by atoms with E-state index in [1.807, 2.05) is 42.5 Å². The first-order chi connectivity index (χ1) is 16.5. The standard InChI is InChI=1S/C26H24BrN3O3S/c27-18-10-12-19(13-11-18)28-22(31)16-30-25-23(20-8-4-5-9-21(20)34-25)24(32)29(26(30)33)15-14-17-6-2-1-3-7-17/h1-3,6-7,10-13H,4-5,8-9,14-16H2,(H,28,31). The number of aryl methyl sites for hydroxylation is 3. The van der Waals surface area contributed by atoms with Gasteiger partial charge in [0.2, 0.25) is 5.91 Å². The van der Waals surface area contributed by atoms with Crippen LogP contribution in [-0.4, -0.2) is 15.0 Å². The molecule has 0 saturated heterocycles. The Morgan fingerprint density at radius 3 is 2.47 bits per heavy atom. The minimum atomic E-state index is -0.432. The number of nitrogens with one attached hydrogen (secondary N) is 1. The van der Waals surface area contributed by atoms with Crippen molar-refractivity contribution in [3.63, 3.8) is 0 Å². The molecule has 0 saturated carbocycles. The van der Waals surface area contributed by atoms with Gasteiger partial charge in [-0.2, -0.15) is 0 Å². The lowest BCUT2D eigenvalue weighted by Crippen LogP contribution is -2.42. The van der Waals surface area contributed by atoms with Crippen LogP contribution >= 0.6 is 27.3 Å². The third kappa shape index (κ3) is 4.52. The molecule has 4 aromatic rings. The Labute approximate surface area is 209 Å². The summed E-state index contributed by atoms with van der Waals surface area (Å²) >= 11 is 4.88. The molecule has 0 atom stereocenters. The van der Waals surface area contributed by atoms with Crippen LogP contribution in [0.3, 0.4) is 0 Å². The maximum absolute atomic E-state index is 13.5. The normalized spacial score (nSPS) is 13.1. The molecule has 0 spiro atoms. The average Bonchev–Trinajstić information content (AvgIpc) is 3.23. The summed E-state index contributed by atoms with van der Waals surface area (Å²) in [4.78, 5) is 41.7. The summed E-state index contributed by atoms with van der Waals surface area (Å²) in [5, 5.41) is 3.48. The topological polar surface area (TPSA) is 73.1 Å². The van der Waals surface area contributed by atoms with Gasteiger partial charge < -0.3 is 5.32 Å². The van der Waals surface area contributed by atoms with Gasteiger partial charge in [-0.25, -0.2) is 4.79 Å². The van der Waals surface area contributed by atoms with Crippen molar-refractivity contribution in [2.75, 3.05) is 5.32 Å². The third-order valence-corrected chi connectivity index (χ3v) is 8.06. The summed E-state index contributed by atoms with van der Waals surface area (Å²) in [5.74, 6) is -0.301. The molecule has 1 aliphatic rings. The number of carbonyl (C=O) groups excluding carboxylic acids is 1. The Hall–Kier alpha value is -2.97. The number of benzene rings is 2. The molecule has 8 heteroatoms. The van der Waals surface area contributed by atoms with E-state index < -0.39 is 5.69 Å². The van der Waals surface area contributed by atoms with Crippen molar-refractivity contribution < 1.29 is 4.79 Å². The molecule has 1 amide bonds. The molecule has 2 heterocycles. The molecular weight excluding hydrogens is 514 g/mol. The lowest BCUT2D eigenvalue weighted by Gasteiger charge is -2.14. The number of rotatable bonds is 6. The Kier molecular flexibility index (Phi) is 6.52. The molecule has 0 bridgehead atoms. The fraction of sp³-hybridized carbons (Fsp3) is 0.269. The zero-order valence-corrected chi connectivity index (χ0v) is 21.0. The quantitative estimate of drug-likeness (QED) is 0.385. The number of aromatic nitrogens is 2. The minimum Gasteiger partial charge on any atom is -0.325 e. The zero-order valence-electron chi connectivity index (χ0n) is 18.6. The van der Waals surface area contributed by atoms with Crippen molar-refractivity contribution in [1.82, 2.24) is 9.13 Å². The molecule has 0 radical (unpaired) electrons. The number of amides is 1. The molecule has 1 N–H and O–H groups in total. The molecule has 174 valence electrons. The summed E-state index contributed by atoms with van der Waals surface area (Å²) in [6.45, 7) is 0.132. The number of carbonyl (C=O) groups is 1. The first-order valence-corrected chi connectivity index (χ1v) is 13.0. The van der Waals surface area contributed by atoms with Gasteiger partial charge in [-0.15, -0.1) is 11.3 Å². The Morgan fingerprint density at radius 2 is 1.71 bits per heavy atom. The van der Waals surface area contributed by atoms with E-state index in [1.165, 1.54) is 25.3 Å². The second-order valence-corrected chi connectivity index (χ2v) is 10.5. The van der Waals surface area contributed by atoms with Crippen molar-refractivity contribution in [3.05, 3.63) is 95.9 Å². The second kappa shape index (κ2) is 9.72. The molecule has 5 rings (SSSR count). The maximum atomic E-state index is 13.5. The highest BCUT2D eigenvalue weighted by Crippen LogP contribution is 2.34. The predicted molar refractivity (Wildman–Crippen MR) is 140 cm³/mol. The van der Waals surface area contributed by atoms with E-state index in [0.29, 0.717) is 22.3 Å². The van der Waals surface area contributed by atoms with Crippen LogP contribution in [0.2, 0.25) is 0 Å². The van der Waals surface area contributed by atoms with Crippen LogP contribution in [-0.2, 0) is 37.1 Å². The van der Waals surface area contributed by atoms with E-state index in [1.54, 1.807) is 12.1 Å². The molecule has 0 fully saturated rings. The molecule has 0 aliphatic heterocycles. The molecule has 34 heavy (non-hydrogen) atoms. The lowest BCUT2D eigenvalue weighted by molar-refractivity contribution is -0.116. The fourth-order valence-corrected chi connectivity index (χ4v) is 6.15. The maximum Gasteiger partial charge on any atom is 0.332 e. The highest BCUT2D eigenvalue weighted by atomic mass is 79.9. The van der Waals surface area contributed by atoms with E-state index in [9.17, 15) is 14.4 Å². The average molecular weight is 538 g/mol. The number of halogens is 1. The number of hydrogen-bond donors (Lipinski definition) is 1. The first-order valence-electron chi connectivity index (χ1n) is 11.4.